The Kier molecular flexibility index (Phi) is 4.17. The van der Waals surface area contributed by atoms with Crippen molar-refractivity contribution >= 4 is 26.0 Å². The van der Waals surface area contributed by atoms with Crippen LogP contribution in [0.5, 0.6) is 11.5 Å². The third kappa shape index (κ3) is 3.39. The van der Waals surface area contributed by atoms with Crippen molar-refractivity contribution < 1.29 is 13.2 Å². The van der Waals surface area contributed by atoms with Crippen LogP contribution in [0.3, 0.4) is 0 Å². The molecule has 6 heteroatoms. The number of ether oxygens (including phenoxy) is 1. The summed E-state index contributed by atoms with van der Waals surface area (Å²) in [6.45, 7) is 3.64. The van der Waals surface area contributed by atoms with E-state index in [9.17, 15) is 8.42 Å². The van der Waals surface area contributed by atoms with Gasteiger partial charge in [-0.25, -0.2) is 13.6 Å². The van der Waals surface area contributed by atoms with E-state index in [1.54, 1.807) is 19.1 Å². The zero-order valence-electron chi connectivity index (χ0n) is 11.1. The van der Waals surface area contributed by atoms with Crippen molar-refractivity contribution in [1.29, 1.82) is 0 Å². The second-order valence-corrected chi connectivity index (χ2v) is 6.87. The number of primary sulfonamides is 1. The maximum absolute atomic E-state index is 11.3. The van der Waals surface area contributed by atoms with Gasteiger partial charge in [-0.1, -0.05) is 15.9 Å². The molecule has 2 aromatic carbocycles. The molecule has 0 radical (unpaired) electrons. The molecule has 0 spiro atoms. The monoisotopic (exact) mass is 355 g/mol. The van der Waals surface area contributed by atoms with Gasteiger partial charge in [-0.05, 0) is 61.4 Å². The largest absolute Gasteiger partial charge is 0.457 e. The lowest BCUT2D eigenvalue weighted by Gasteiger charge is -2.10. The minimum Gasteiger partial charge on any atom is -0.457 e. The lowest BCUT2D eigenvalue weighted by atomic mass is 10.2. The lowest BCUT2D eigenvalue weighted by molar-refractivity contribution is 0.481. The average Bonchev–Trinajstić information content (AvgIpc) is 2.32. The molecular weight excluding hydrogens is 342 g/mol. The third-order valence-corrected chi connectivity index (χ3v) is 4.78. The highest BCUT2D eigenvalue weighted by atomic mass is 79.9. The summed E-state index contributed by atoms with van der Waals surface area (Å²) in [5.41, 5.74) is 1.61. The minimum atomic E-state index is -3.70. The Morgan fingerprint density at radius 2 is 1.55 bits per heavy atom. The van der Waals surface area contributed by atoms with Crippen LogP contribution in [0.25, 0.3) is 0 Å². The highest BCUT2D eigenvalue weighted by Crippen LogP contribution is 2.28. The van der Waals surface area contributed by atoms with Crippen molar-refractivity contribution in [2.45, 2.75) is 18.7 Å². The number of hydrogen-bond donors (Lipinski definition) is 1. The molecule has 0 fully saturated rings. The van der Waals surface area contributed by atoms with Gasteiger partial charge in [-0.3, -0.25) is 0 Å². The maximum atomic E-state index is 11.3. The zero-order chi connectivity index (χ0) is 14.9. The van der Waals surface area contributed by atoms with Crippen molar-refractivity contribution in [3.8, 4) is 11.5 Å². The van der Waals surface area contributed by atoms with Crippen LogP contribution in [0, 0.1) is 13.8 Å². The van der Waals surface area contributed by atoms with Gasteiger partial charge in [-0.15, -0.1) is 0 Å². The molecule has 0 saturated heterocycles. The number of benzene rings is 2. The predicted molar refractivity (Wildman–Crippen MR) is 81.5 cm³/mol. The van der Waals surface area contributed by atoms with E-state index in [0.29, 0.717) is 17.1 Å². The van der Waals surface area contributed by atoms with Crippen LogP contribution in [-0.4, -0.2) is 8.42 Å². The highest BCUT2D eigenvalue weighted by Gasteiger charge is 2.12. The van der Waals surface area contributed by atoms with E-state index in [0.717, 1.165) is 10.0 Å². The van der Waals surface area contributed by atoms with Crippen LogP contribution in [0.1, 0.15) is 11.1 Å². The number of sulfonamides is 1. The average molecular weight is 356 g/mol. The minimum absolute atomic E-state index is 0.108. The first kappa shape index (κ1) is 15.0. The Labute approximate surface area is 126 Å². The zero-order valence-corrected chi connectivity index (χ0v) is 13.5. The molecule has 106 valence electrons. The van der Waals surface area contributed by atoms with Crippen molar-refractivity contribution in [2.24, 2.45) is 5.14 Å². The molecule has 4 nitrogen and oxygen atoms in total. The van der Waals surface area contributed by atoms with E-state index < -0.39 is 10.0 Å². The number of hydrogen-bond acceptors (Lipinski definition) is 3. The Morgan fingerprint density at radius 3 is 2.05 bits per heavy atom. The summed E-state index contributed by atoms with van der Waals surface area (Å²) in [6.07, 6.45) is 0. The fraction of sp³-hybridized carbons (Fsp3) is 0.143. The fourth-order valence-electron chi connectivity index (χ4n) is 1.82. The van der Waals surface area contributed by atoms with E-state index in [1.807, 2.05) is 25.1 Å². The van der Waals surface area contributed by atoms with Gasteiger partial charge >= 0.3 is 0 Å². The van der Waals surface area contributed by atoms with Gasteiger partial charge in [0.15, 0.2) is 0 Å². The summed E-state index contributed by atoms with van der Waals surface area (Å²) in [7, 11) is -3.70. The smallest absolute Gasteiger partial charge is 0.238 e. The van der Waals surface area contributed by atoms with Crippen LogP contribution in [0.4, 0.5) is 0 Å². The van der Waals surface area contributed by atoms with E-state index in [-0.39, 0.29) is 4.90 Å². The standard InChI is InChI=1S/C14H14BrNO3S/c1-9-7-11(3-5-13(9)15)19-12-4-6-14(10(2)8-12)20(16,17)18/h3-8H,1-2H3,(H2,16,17,18). The molecule has 0 bridgehead atoms. The summed E-state index contributed by atoms with van der Waals surface area (Å²) in [5, 5.41) is 5.12. The molecule has 0 amide bonds. The maximum Gasteiger partial charge on any atom is 0.238 e. The Hall–Kier alpha value is -1.37. The second kappa shape index (κ2) is 5.55. The van der Waals surface area contributed by atoms with Gasteiger partial charge in [0, 0.05) is 4.47 Å². The number of rotatable bonds is 3. The van der Waals surface area contributed by atoms with Crippen LogP contribution in [-0.2, 0) is 10.0 Å². The first-order valence-corrected chi connectivity index (χ1v) is 8.19. The molecule has 0 aliphatic rings. The van der Waals surface area contributed by atoms with Crippen LogP contribution in [0.15, 0.2) is 45.8 Å². The predicted octanol–water partition coefficient (Wildman–Crippen LogP) is 3.51. The molecular formula is C14H14BrNO3S. The molecule has 0 saturated carbocycles. The molecule has 0 atom stereocenters. The fourth-order valence-corrected chi connectivity index (χ4v) is 2.83. The molecule has 0 aliphatic heterocycles. The number of aryl methyl sites for hydroxylation is 2. The normalized spacial score (nSPS) is 11.4. The quantitative estimate of drug-likeness (QED) is 0.915. The summed E-state index contributed by atoms with van der Waals surface area (Å²) >= 11 is 3.42. The van der Waals surface area contributed by atoms with Crippen LogP contribution >= 0.6 is 15.9 Å². The van der Waals surface area contributed by atoms with E-state index in [2.05, 4.69) is 15.9 Å². The lowest BCUT2D eigenvalue weighted by Crippen LogP contribution is -2.13. The summed E-state index contributed by atoms with van der Waals surface area (Å²) in [5.74, 6) is 1.25. The summed E-state index contributed by atoms with van der Waals surface area (Å²) < 4.78 is 29.4. The summed E-state index contributed by atoms with van der Waals surface area (Å²) in [4.78, 5) is 0.108. The van der Waals surface area contributed by atoms with Gasteiger partial charge in [-0.2, -0.15) is 0 Å². The Morgan fingerprint density at radius 1 is 1.00 bits per heavy atom. The van der Waals surface area contributed by atoms with Crippen LogP contribution < -0.4 is 9.88 Å². The first-order valence-electron chi connectivity index (χ1n) is 5.85. The molecule has 0 aliphatic carbocycles. The third-order valence-electron chi connectivity index (χ3n) is 2.82. The van der Waals surface area contributed by atoms with Gasteiger partial charge in [0.05, 0.1) is 4.90 Å². The molecule has 0 unspecified atom stereocenters. The SMILES string of the molecule is Cc1cc(Oc2ccc(S(N)(=O)=O)c(C)c2)ccc1Br. The first-order chi connectivity index (χ1) is 9.27. The van der Waals surface area contributed by atoms with Gasteiger partial charge in [0.2, 0.25) is 10.0 Å². The number of halogens is 1. The highest BCUT2D eigenvalue weighted by molar-refractivity contribution is 9.10. The summed E-state index contributed by atoms with van der Waals surface area (Å²) in [6, 6.07) is 10.3. The van der Waals surface area contributed by atoms with Crippen molar-refractivity contribution in [3.05, 3.63) is 52.0 Å². The van der Waals surface area contributed by atoms with Crippen LogP contribution in [0.2, 0.25) is 0 Å². The van der Waals surface area contributed by atoms with Gasteiger partial charge in [0.1, 0.15) is 11.5 Å². The molecule has 0 heterocycles. The van der Waals surface area contributed by atoms with Crippen molar-refractivity contribution in [2.75, 3.05) is 0 Å². The van der Waals surface area contributed by atoms with Crippen molar-refractivity contribution in [3.63, 3.8) is 0 Å². The van der Waals surface area contributed by atoms with Crippen molar-refractivity contribution in [1.82, 2.24) is 0 Å². The Bertz CT molecular complexity index is 757. The molecule has 2 rings (SSSR count). The number of nitrogens with two attached hydrogens (primary N) is 1. The molecule has 20 heavy (non-hydrogen) atoms. The second-order valence-electron chi connectivity index (χ2n) is 4.49. The molecule has 2 N–H and O–H groups in total. The van der Waals surface area contributed by atoms with E-state index >= 15 is 0 Å². The van der Waals surface area contributed by atoms with Gasteiger partial charge in [0.25, 0.3) is 0 Å². The Balaban J connectivity index is 2.31. The van der Waals surface area contributed by atoms with E-state index in [1.165, 1.54) is 6.07 Å². The van der Waals surface area contributed by atoms with Gasteiger partial charge < -0.3 is 4.74 Å². The molecule has 0 aromatic heterocycles. The molecule has 2 aromatic rings. The topological polar surface area (TPSA) is 69.4 Å². The van der Waals surface area contributed by atoms with E-state index in [4.69, 9.17) is 9.88 Å².